The van der Waals surface area contributed by atoms with Gasteiger partial charge in [-0.2, -0.15) is 41.3 Å². The highest BCUT2D eigenvalue weighted by Gasteiger charge is 2.32. The number of benzene rings is 4. The number of carboxylic acid groups (broad SMARTS) is 2. The van der Waals surface area contributed by atoms with E-state index in [4.69, 9.17) is 79.3 Å². The maximum Gasteiger partial charge on any atom is 0.416 e. The van der Waals surface area contributed by atoms with Gasteiger partial charge in [-0.15, -0.1) is 0 Å². The smallest absolute Gasteiger partial charge is 0.416 e. The van der Waals surface area contributed by atoms with Gasteiger partial charge in [0.25, 0.3) is 15.7 Å². The molecule has 0 aliphatic carbocycles. The van der Waals surface area contributed by atoms with Crippen molar-refractivity contribution < 1.29 is 107 Å². The predicted molar refractivity (Wildman–Crippen MR) is 283 cm³/mol. The number of nitrogens with two attached hydrogens (primary N) is 1. The second-order valence-electron chi connectivity index (χ2n) is 16.2. The highest BCUT2D eigenvalue weighted by molar-refractivity contribution is 7.90. The number of hydrogen-bond donors (Lipinski definition) is 6. The fraction of sp³-hybridized carbons (Fsp3) is 0.319. The summed E-state index contributed by atoms with van der Waals surface area (Å²) in [6.07, 6.45) is -12.1. The maximum atomic E-state index is 12.8. The van der Waals surface area contributed by atoms with Gasteiger partial charge in [-0.1, -0.05) is 53.0 Å². The first-order valence-electron chi connectivity index (χ1n) is 22.8. The van der Waals surface area contributed by atoms with E-state index >= 15 is 0 Å². The molecule has 3 atom stereocenters. The zero-order chi connectivity index (χ0) is 63.4. The Morgan fingerprint density at radius 2 is 1.52 bits per heavy atom. The van der Waals surface area contributed by atoms with Crippen LogP contribution in [0.4, 0.5) is 42.8 Å². The van der Waals surface area contributed by atoms with Gasteiger partial charge in [0.2, 0.25) is 5.95 Å². The molecule has 5 aromatic rings. The molecule has 0 fully saturated rings. The summed E-state index contributed by atoms with van der Waals surface area (Å²) in [5.41, 5.74) is 2.74. The Hall–Kier alpha value is -7.61. The number of methoxy groups -OCH3 is 2. The van der Waals surface area contributed by atoms with Crippen LogP contribution in [0.25, 0.3) is 0 Å². The molecule has 1 aromatic heterocycles. The van der Waals surface area contributed by atoms with Gasteiger partial charge in [-0.25, -0.2) is 32.3 Å². The van der Waals surface area contributed by atoms with Crippen LogP contribution in [0.2, 0.25) is 15.1 Å². The number of nitrogens with zero attached hydrogens (tertiary/aromatic N) is 4. The average molecular weight is 1280 g/mol. The van der Waals surface area contributed by atoms with Crippen LogP contribution in [-0.4, -0.2) is 125 Å². The molecule has 0 saturated heterocycles. The van der Waals surface area contributed by atoms with Gasteiger partial charge in [0.1, 0.15) is 34.5 Å². The first kappa shape index (κ1) is 71.5. The lowest BCUT2D eigenvalue weighted by Crippen LogP contribution is -2.35. The zero-order valence-corrected chi connectivity index (χ0v) is 47.7. The van der Waals surface area contributed by atoms with Crippen molar-refractivity contribution in [1.29, 1.82) is 0 Å². The van der Waals surface area contributed by atoms with Gasteiger partial charge in [-0.05, 0) is 81.6 Å². The highest BCUT2D eigenvalue weighted by Crippen LogP contribution is 2.38. The number of halogens is 9. The van der Waals surface area contributed by atoms with Crippen LogP contribution in [0.5, 0.6) is 23.3 Å². The molecule has 3 unspecified atom stereocenters. The molecule has 0 saturated carbocycles. The van der Waals surface area contributed by atoms with E-state index in [0.717, 1.165) is 36.4 Å². The highest BCUT2D eigenvalue weighted by atomic mass is 35.5. The van der Waals surface area contributed by atoms with Crippen molar-refractivity contribution in [2.45, 2.75) is 69.4 Å². The third-order valence-corrected chi connectivity index (χ3v) is 13.2. The molecular formula is C47H49Cl3F6N7O18PS. The number of nitro benzene ring substituents is 1. The molecule has 0 aliphatic heterocycles. The van der Waals surface area contributed by atoms with Crippen LogP contribution in [0, 0.1) is 17.0 Å². The van der Waals surface area contributed by atoms with Gasteiger partial charge >= 0.3 is 48.3 Å². The van der Waals surface area contributed by atoms with Crippen molar-refractivity contribution in [2.75, 3.05) is 39.0 Å². The number of aromatic carboxylic acids is 1. The van der Waals surface area contributed by atoms with Crippen LogP contribution >= 0.6 is 42.2 Å². The van der Waals surface area contributed by atoms with Crippen molar-refractivity contribution in [3.63, 3.8) is 0 Å². The first-order valence-corrected chi connectivity index (χ1v) is 27.7. The van der Waals surface area contributed by atoms with Crippen LogP contribution in [0.15, 0.2) is 77.7 Å². The van der Waals surface area contributed by atoms with Gasteiger partial charge in [0.15, 0.2) is 19.2 Å². The second-order valence-corrected chi connectivity index (χ2v) is 21.6. The second kappa shape index (κ2) is 31.7. The van der Waals surface area contributed by atoms with Crippen molar-refractivity contribution in [3.05, 3.63) is 126 Å². The number of nitrogens with one attached hydrogen (secondary N) is 2. The molecule has 7 N–H and O–H groups in total. The van der Waals surface area contributed by atoms with Gasteiger partial charge < -0.3 is 44.5 Å². The number of nitro groups is 1. The van der Waals surface area contributed by atoms with Gasteiger partial charge in [-0.3, -0.25) is 24.8 Å². The first-order chi connectivity index (χ1) is 38.3. The number of ether oxygens (including phenoxy) is 5. The Labute approximate surface area is 482 Å². The molecule has 36 heteroatoms. The molecule has 25 nitrogen and oxygen atoms in total. The number of alkyl halides is 6. The standard InChI is InChI=1S/C19H15ClF3NO7.C15H16F3N5O4S.C8H6Cl2O3.C5H12NO4P/c1-3-29-17(25)10(2)30-18(26)13-9-12(5-6-15(13)24(27)28)31-16-7-4-11(8-14(16)20)19(21,22)23;1-9-19-12(22-14(20-9)27-2)21-13(24)23-28(25,26)11-6-4-3-5-10(11)7-8-15(16,17)18;1-13-7-5(10)3-2-4(9)6(7)8(11)12;1-11(9,10)3-2-4(6)5(7)8/h4-10H,3H2,1-2H3;3-6H,7-8H2,1-2H3,(H2,19,20,21,22,23,24);2-3H,1H3,(H,11,12);4H,2-3,6H2,1H3,(H,7,8)(H,9,10). The minimum atomic E-state index is -4.61. The molecule has 454 valence electrons. The van der Waals surface area contributed by atoms with E-state index in [1.807, 2.05) is 0 Å². The molecule has 2 amide bonds. The monoisotopic (exact) mass is 1280 g/mol. The van der Waals surface area contributed by atoms with E-state index in [1.165, 1.54) is 65.1 Å². The Morgan fingerprint density at radius 1 is 0.892 bits per heavy atom. The summed E-state index contributed by atoms with van der Waals surface area (Å²) < 4.78 is 137. The lowest BCUT2D eigenvalue weighted by Gasteiger charge is -2.13. The van der Waals surface area contributed by atoms with Crippen molar-refractivity contribution in [3.8, 4) is 23.3 Å². The van der Waals surface area contributed by atoms with E-state index in [0.29, 0.717) is 6.07 Å². The fourth-order valence-corrected chi connectivity index (χ4v) is 8.53. The SMILES string of the molecule is CCOC(=O)C(C)OC(=O)c1cc(Oc2ccc(C(F)(F)F)cc2Cl)ccc1[N+](=O)[O-].COc1c(Cl)ccc(Cl)c1C(=O)O.COc1nc(C)nc(NC(=O)NS(=O)(=O)c2ccccc2CCC(F)(F)F)n1.CP(=O)(O)CCC(N)C(=O)O. The number of aryl methyl sites for hydroxylation is 2. The largest absolute Gasteiger partial charge is 0.494 e. The minimum absolute atomic E-state index is 0.0398. The van der Waals surface area contributed by atoms with Crippen LogP contribution in [-0.2, 0) is 46.2 Å². The zero-order valence-electron chi connectivity index (χ0n) is 43.7. The lowest BCUT2D eigenvalue weighted by atomic mass is 10.1. The number of esters is 2. The summed E-state index contributed by atoms with van der Waals surface area (Å²) in [4.78, 5) is 86.9. The number of rotatable bonds is 19. The average Bonchev–Trinajstić information content (AvgIpc) is 3.51. The van der Waals surface area contributed by atoms with Crippen molar-refractivity contribution in [2.24, 2.45) is 5.73 Å². The van der Waals surface area contributed by atoms with E-state index < -0.39 is 111 Å². The van der Waals surface area contributed by atoms with Gasteiger partial charge in [0, 0.05) is 31.4 Å². The number of urea groups is 1. The lowest BCUT2D eigenvalue weighted by molar-refractivity contribution is -0.385. The van der Waals surface area contributed by atoms with E-state index in [1.54, 1.807) is 11.6 Å². The maximum absolute atomic E-state index is 12.8. The summed E-state index contributed by atoms with van der Waals surface area (Å²) in [5, 5.41) is 30.4. The van der Waals surface area contributed by atoms with Crippen LogP contribution in [0.1, 0.15) is 64.4 Å². The minimum Gasteiger partial charge on any atom is -0.494 e. The van der Waals surface area contributed by atoms with Crippen LogP contribution in [0.3, 0.4) is 0 Å². The number of anilines is 1. The molecule has 0 aliphatic rings. The number of aliphatic carboxylic acids is 1. The Morgan fingerprint density at radius 3 is 2.04 bits per heavy atom. The number of carbonyl (C=O) groups excluding carboxylic acids is 3. The van der Waals surface area contributed by atoms with Crippen molar-refractivity contribution >= 4 is 93.7 Å². The summed E-state index contributed by atoms with van der Waals surface area (Å²) in [7, 11) is -4.91. The summed E-state index contributed by atoms with van der Waals surface area (Å²) in [6.45, 7) is 5.50. The quantitative estimate of drug-likeness (QED) is 0.0147. The number of sulfonamides is 1. The molecule has 5 rings (SSSR count). The van der Waals surface area contributed by atoms with E-state index in [2.05, 4.69) is 20.3 Å². The number of carboxylic acids is 2. The molecular weight excluding hydrogens is 1230 g/mol. The van der Waals surface area contributed by atoms with Crippen molar-refractivity contribution in [1.82, 2.24) is 19.7 Å². The number of aromatic nitrogens is 3. The predicted octanol–water partition coefficient (Wildman–Crippen LogP) is 9.75. The molecule has 83 heavy (non-hydrogen) atoms. The van der Waals surface area contributed by atoms with E-state index in [-0.39, 0.29) is 80.4 Å². The third-order valence-electron chi connectivity index (χ3n) is 9.72. The fourth-order valence-electron chi connectivity index (χ4n) is 5.91. The molecule has 1 heterocycles. The Bertz CT molecular complexity index is 3310. The molecule has 4 aromatic carbocycles. The van der Waals surface area contributed by atoms with E-state index in [9.17, 15) is 73.4 Å². The van der Waals surface area contributed by atoms with Crippen LogP contribution < -0.4 is 30.0 Å². The summed E-state index contributed by atoms with van der Waals surface area (Å²) >= 11 is 17.2. The Kier molecular flexibility index (Phi) is 27.3. The number of amides is 2. The molecule has 0 spiro atoms. The third kappa shape index (κ3) is 24.4. The normalized spacial score (nSPS) is 12.5. The summed E-state index contributed by atoms with van der Waals surface area (Å²) in [6, 6.07) is 11.0. The molecule has 0 radical (unpaired) electrons. The summed E-state index contributed by atoms with van der Waals surface area (Å²) in [5.74, 6) is -4.63. The Balaban J connectivity index is 0.000000411. The molecule has 0 bridgehead atoms. The number of carbonyl (C=O) groups is 5. The number of hydrogen-bond acceptors (Lipinski definition) is 19. The topological polar surface area (TPSA) is 375 Å². The van der Waals surface area contributed by atoms with Gasteiger partial charge in [0.05, 0.1) is 51.3 Å².